The van der Waals surface area contributed by atoms with E-state index in [0.29, 0.717) is 5.69 Å². The third-order valence-electron chi connectivity index (χ3n) is 5.75. The first-order chi connectivity index (χ1) is 17.8. The lowest BCUT2D eigenvalue weighted by atomic mass is 10.0. The smallest absolute Gasteiger partial charge is 0.408 e. The Hall–Kier alpha value is -4.22. The van der Waals surface area contributed by atoms with Gasteiger partial charge >= 0.3 is 17.8 Å². The second kappa shape index (κ2) is 11.4. The molecule has 204 valence electrons. The summed E-state index contributed by atoms with van der Waals surface area (Å²) in [7, 11) is 0. The van der Waals surface area contributed by atoms with Crippen molar-refractivity contribution in [2.45, 2.75) is 52.2 Å². The normalized spacial score (nSPS) is 14.0. The molecule has 1 fully saturated rings. The summed E-state index contributed by atoms with van der Waals surface area (Å²) in [6.07, 6.45) is 1.84. The molecule has 0 bridgehead atoms. The summed E-state index contributed by atoms with van der Waals surface area (Å²) in [6.45, 7) is 9.50. The van der Waals surface area contributed by atoms with E-state index in [1.165, 1.54) is 21.7 Å². The van der Waals surface area contributed by atoms with Gasteiger partial charge in [-0.05, 0) is 58.4 Å². The average molecular weight is 527 g/mol. The summed E-state index contributed by atoms with van der Waals surface area (Å²) in [6, 6.07) is 8.05. The van der Waals surface area contributed by atoms with Crippen molar-refractivity contribution >= 4 is 30.1 Å². The van der Waals surface area contributed by atoms with Gasteiger partial charge in [0.2, 0.25) is 5.91 Å². The first kappa shape index (κ1) is 28.4. The maximum atomic E-state index is 13.0. The molecule has 0 spiro atoms. The zero-order chi connectivity index (χ0) is 28.1. The fourth-order valence-electron chi connectivity index (χ4n) is 3.91. The Morgan fingerprint density at radius 1 is 1.03 bits per heavy atom. The van der Waals surface area contributed by atoms with Crippen LogP contribution in [0, 0.1) is 0 Å². The van der Waals surface area contributed by atoms with Gasteiger partial charge in [0.25, 0.3) is 0 Å². The summed E-state index contributed by atoms with van der Waals surface area (Å²) >= 11 is 0. The Labute approximate surface area is 221 Å². The van der Waals surface area contributed by atoms with E-state index >= 15 is 0 Å². The van der Waals surface area contributed by atoms with Crippen LogP contribution in [-0.4, -0.2) is 81.0 Å². The van der Waals surface area contributed by atoms with Gasteiger partial charge < -0.3 is 24.6 Å². The quantitative estimate of drug-likeness (QED) is 0.548. The van der Waals surface area contributed by atoms with E-state index in [2.05, 4.69) is 15.6 Å². The minimum atomic E-state index is -1.19. The molecule has 1 aromatic carbocycles. The first-order valence-corrected chi connectivity index (χ1v) is 12.3. The van der Waals surface area contributed by atoms with Gasteiger partial charge in [0, 0.05) is 38.8 Å². The van der Waals surface area contributed by atoms with Gasteiger partial charge in [-0.15, -0.1) is 0 Å². The number of ether oxygens (including phenoxy) is 1. The van der Waals surface area contributed by atoms with Crippen LogP contribution >= 0.6 is 0 Å². The summed E-state index contributed by atoms with van der Waals surface area (Å²) in [5.41, 5.74) is -1.13. The number of hydrogen-bond donors (Lipinski definition) is 2. The number of hydrogen-bond acceptors (Lipinski definition) is 7. The van der Waals surface area contributed by atoms with E-state index in [4.69, 9.17) is 4.74 Å². The van der Waals surface area contributed by atoms with Gasteiger partial charge in [-0.1, -0.05) is 12.1 Å². The van der Waals surface area contributed by atoms with E-state index in [1.807, 2.05) is 0 Å². The van der Waals surface area contributed by atoms with Crippen molar-refractivity contribution in [1.82, 2.24) is 24.7 Å². The molecule has 0 atom stereocenters. The molecule has 0 saturated carbocycles. The number of carbonyl (C=O) groups excluding carboxylic acids is 4. The van der Waals surface area contributed by atoms with Crippen LogP contribution < -0.4 is 16.3 Å². The van der Waals surface area contributed by atoms with Crippen molar-refractivity contribution in [1.29, 1.82) is 0 Å². The maximum Gasteiger partial charge on any atom is 0.408 e. The molecular weight excluding hydrogens is 492 g/mol. The van der Waals surface area contributed by atoms with Crippen LogP contribution in [0.1, 0.15) is 40.2 Å². The Bertz CT molecular complexity index is 1260. The lowest BCUT2D eigenvalue weighted by Crippen LogP contribution is -2.60. The molecule has 0 unspecified atom stereocenters. The van der Waals surface area contributed by atoms with E-state index in [9.17, 15) is 24.0 Å². The number of aromatic nitrogens is 2. The van der Waals surface area contributed by atoms with Crippen molar-refractivity contribution in [3.05, 3.63) is 52.6 Å². The van der Waals surface area contributed by atoms with Crippen LogP contribution in [0.4, 0.5) is 15.4 Å². The molecule has 1 aliphatic heterocycles. The molecule has 4 amide bonds. The van der Waals surface area contributed by atoms with Gasteiger partial charge in [0.15, 0.2) is 0 Å². The minimum Gasteiger partial charge on any atom is -0.444 e. The van der Waals surface area contributed by atoms with Crippen molar-refractivity contribution in [2.75, 3.05) is 31.5 Å². The standard InChI is InChI=1S/C26H34N6O6/c1-25(2,3)38-24(37)29-26(4,5)21(34)30-12-14-31(15-13-30)22(35)27-20-9-11-32(23(36)28-20)19-8-6-7-18(17-19)10-16-33/h6-9,11,16-17H,10,12-15H2,1-5H3,(H,29,37)(H,27,28,35,36). The fraction of sp³-hybridized carbons (Fsp3) is 0.462. The number of piperazine rings is 1. The third kappa shape index (κ3) is 7.40. The number of anilines is 1. The van der Waals surface area contributed by atoms with Gasteiger partial charge in [-0.25, -0.2) is 14.4 Å². The maximum absolute atomic E-state index is 13.0. The second-order valence-electron chi connectivity index (χ2n) is 10.5. The summed E-state index contributed by atoms with van der Waals surface area (Å²) < 4.78 is 6.57. The Morgan fingerprint density at radius 2 is 1.68 bits per heavy atom. The zero-order valence-electron chi connectivity index (χ0n) is 22.3. The highest BCUT2D eigenvalue weighted by Crippen LogP contribution is 2.15. The van der Waals surface area contributed by atoms with Crippen LogP contribution in [0.5, 0.6) is 0 Å². The van der Waals surface area contributed by atoms with Crippen LogP contribution in [0.2, 0.25) is 0 Å². The van der Waals surface area contributed by atoms with Crippen LogP contribution in [-0.2, 0) is 20.7 Å². The Kier molecular flexibility index (Phi) is 8.54. The highest BCUT2D eigenvalue weighted by Gasteiger charge is 2.36. The number of amides is 4. The number of carbonyl (C=O) groups is 4. The molecule has 1 aromatic heterocycles. The average Bonchev–Trinajstić information content (AvgIpc) is 2.82. The highest BCUT2D eigenvalue weighted by atomic mass is 16.6. The van der Waals surface area contributed by atoms with E-state index < -0.39 is 29.0 Å². The Balaban J connectivity index is 1.56. The summed E-state index contributed by atoms with van der Waals surface area (Å²) in [5.74, 6) is -0.188. The van der Waals surface area contributed by atoms with E-state index in [0.717, 1.165) is 11.8 Å². The minimum absolute atomic E-state index is 0.0986. The predicted octanol–water partition coefficient (Wildman–Crippen LogP) is 1.95. The van der Waals surface area contributed by atoms with Gasteiger partial charge in [-0.2, -0.15) is 4.98 Å². The van der Waals surface area contributed by atoms with Crippen LogP contribution in [0.3, 0.4) is 0 Å². The molecule has 2 heterocycles. The molecule has 0 radical (unpaired) electrons. The zero-order valence-corrected chi connectivity index (χ0v) is 22.3. The SMILES string of the molecule is CC(C)(C)OC(=O)NC(C)(C)C(=O)N1CCN(C(=O)Nc2ccn(-c3cccc(CC=O)c3)c(=O)n2)CC1. The fourth-order valence-corrected chi connectivity index (χ4v) is 3.91. The van der Waals surface area contributed by atoms with Crippen molar-refractivity contribution in [2.24, 2.45) is 0 Å². The summed E-state index contributed by atoms with van der Waals surface area (Å²) in [4.78, 5) is 68.3. The first-order valence-electron chi connectivity index (χ1n) is 12.3. The molecule has 12 heteroatoms. The predicted molar refractivity (Wildman–Crippen MR) is 140 cm³/mol. The number of urea groups is 1. The van der Waals surface area contributed by atoms with Crippen molar-refractivity contribution in [3.8, 4) is 5.69 Å². The number of alkyl carbamates (subject to hydrolysis) is 1. The topological polar surface area (TPSA) is 143 Å². The lowest BCUT2D eigenvalue weighted by Gasteiger charge is -2.38. The molecule has 0 aliphatic carbocycles. The number of rotatable bonds is 6. The molecule has 2 N–H and O–H groups in total. The summed E-state index contributed by atoms with van der Waals surface area (Å²) in [5, 5.41) is 5.23. The molecule has 3 rings (SSSR count). The molecule has 1 saturated heterocycles. The van der Waals surface area contributed by atoms with Gasteiger partial charge in [0.05, 0.1) is 5.69 Å². The number of benzene rings is 1. The number of nitrogens with one attached hydrogen (secondary N) is 2. The van der Waals surface area contributed by atoms with E-state index in [1.54, 1.807) is 63.8 Å². The van der Waals surface area contributed by atoms with Crippen molar-refractivity contribution in [3.63, 3.8) is 0 Å². The molecule has 38 heavy (non-hydrogen) atoms. The molecule has 1 aliphatic rings. The highest BCUT2D eigenvalue weighted by molar-refractivity contribution is 5.90. The van der Waals surface area contributed by atoms with Crippen molar-refractivity contribution < 1.29 is 23.9 Å². The molecule has 12 nitrogen and oxygen atoms in total. The molecule has 2 aromatic rings. The number of nitrogens with zero attached hydrogens (tertiary/aromatic N) is 4. The van der Waals surface area contributed by atoms with E-state index in [-0.39, 0.29) is 44.3 Å². The third-order valence-corrected chi connectivity index (χ3v) is 5.75. The van der Waals surface area contributed by atoms with Crippen LogP contribution in [0.15, 0.2) is 41.3 Å². The lowest BCUT2D eigenvalue weighted by molar-refractivity contribution is -0.138. The second-order valence-corrected chi connectivity index (χ2v) is 10.5. The molecular formula is C26H34N6O6. The van der Waals surface area contributed by atoms with Gasteiger partial charge in [0.1, 0.15) is 23.2 Å². The number of aldehydes is 1. The monoisotopic (exact) mass is 526 g/mol. The Morgan fingerprint density at radius 3 is 2.29 bits per heavy atom. The van der Waals surface area contributed by atoms with Crippen LogP contribution in [0.25, 0.3) is 5.69 Å². The van der Waals surface area contributed by atoms with Gasteiger partial charge in [-0.3, -0.25) is 14.7 Å². The largest absolute Gasteiger partial charge is 0.444 e.